The van der Waals surface area contributed by atoms with Crippen LogP contribution in [0.3, 0.4) is 0 Å². The lowest BCUT2D eigenvalue weighted by Crippen LogP contribution is -2.13. The van der Waals surface area contributed by atoms with Gasteiger partial charge in [-0.1, -0.05) is 76.1 Å². The minimum Gasteiger partial charge on any atom is -0.391 e. The molecule has 0 spiro atoms. The predicted octanol–water partition coefficient (Wildman–Crippen LogP) is 8.15. The Morgan fingerprint density at radius 1 is 0.800 bits per heavy atom. The molecule has 0 unspecified atom stereocenters. The second-order valence-corrected chi connectivity index (χ2v) is 8.97. The second-order valence-electron chi connectivity index (χ2n) is 8.97. The number of rotatable bonds is 10. The van der Waals surface area contributed by atoms with Crippen LogP contribution in [-0.2, 0) is 6.61 Å². The molecule has 1 saturated carbocycles. The molecular weight excluding hydrogens is 378 g/mol. The van der Waals surface area contributed by atoms with Crippen molar-refractivity contribution in [1.82, 2.24) is 0 Å². The average Bonchev–Trinajstić information content (AvgIpc) is 2.76. The van der Waals surface area contributed by atoms with Crippen LogP contribution in [-0.4, -0.2) is 5.11 Å². The number of benzene rings is 2. The first-order chi connectivity index (χ1) is 14.6. The average molecular weight is 415 g/mol. The molecule has 0 heterocycles. The summed E-state index contributed by atoms with van der Waals surface area (Å²) in [4.78, 5) is 0. The Bertz CT molecular complexity index is 753. The van der Waals surface area contributed by atoms with Gasteiger partial charge in [-0.15, -0.1) is 0 Å². The van der Waals surface area contributed by atoms with E-state index >= 15 is 0 Å². The molecule has 1 N–H and O–H groups in total. The Labute approximate surface area is 180 Å². The highest BCUT2D eigenvalue weighted by molar-refractivity contribution is 5.64. The summed E-state index contributed by atoms with van der Waals surface area (Å²) in [5.74, 6) is 0.105. The molecule has 1 aliphatic rings. The molecule has 1 fully saturated rings. The largest absolute Gasteiger partial charge is 0.391 e. The Hall–Kier alpha value is -1.74. The molecule has 3 heteroatoms. The summed E-state index contributed by atoms with van der Waals surface area (Å²) in [6.07, 6.45) is 14.8. The van der Waals surface area contributed by atoms with E-state index in [1.54, 1.807) is 0 Å². The maximum Gasteiger partial charge on any atom is 0.132 e. The van der Waals surface area contributed by atoms with Gasteiger partial charge in [0.15, 0.2) is 0 Å². The van der Waals surface area contributed by atoms with Gasteiger partial charge in [0.2, 0.25) is 0 Å². The molecule has 3 rings (SSSR count). The van der Waals surface area contributed by atoms with Crippen LogP contribution in [0.5, 0.6) is 0 Å². The predicted molar refractivity (Wildman–Crippen MR) is 120 cm³/mol. The molecule has 0 aromatic heterocycles. The standard InChI is InChI=1S/C27H36F2O/c1-2-3-4-5-6-7-8-20-9-11-21(12-10-20)22-13-15-23(16-14-22)24-17-26(28)25(19-30)27(29)18-24/h13-18,20-21,30H,2-12,19H2,1H3. The van der Waals surface area contributed by atoms with Gasteiger partial charge in [0, 0.05) is 5.56 Å². The third kappa shape index (κ3) is 6.14. The smallest absolute Gasteiger partial charge is 0.132 e. The molecule has 0 radical (unpaired) electrons. The van der Waals surface area contributed by atoms with E-state index in [2.05, 4.69) is 19.1 Å². The van der Waals surface area contributed by atoms with Crippen molar-refractivity contribution in [2.45, 2.75) is 90.1 Å². The van der Waals surface area contributed by atoms with Crippen LogP contribution in [0, 0.1) is 17.6 Å². The molecule has 1 aliphatic carbocycles. The summed E-state index contributed by atoms with van der Waals surface area (Å²) in [6.45, 7) is 1.64. The molecular formula is C27H36F2O. The lowest BCUT2D eigenvalue weighted by Gasteiger charge is -2.29. The Kier molecular flexibility index (Phi) is 8.87. The maximum atomic E-state index is 14.0. The van der Waals surface area contributed by atoms with Crippen LogP contribution >= 0.6 is 0 Å². The minimum absolute atomic E-state index is 0.270. The maximum absolute atomic E-state index is 14.0. The van der Waals surface area contributed by atoms with Gasteiger partial charge >= 0.3 is 0 Å². The topological polar surface area (TPSA) is 20.2 Å². The van der Waals surface area contributed by atoms with Crippen molar-refractivity contribution in [3.05, 3.63) is 59.2 Å². The molecule has 164 valence electrons. The number of unbranched alkanes of at least 4 members (excludes halogenated alkanes) is 5. The van der Waals surface area contributed by atoms with Crippen molar-refractivity contribution in [2.75, 3.05) is 0 Å². The van der Waals surface area contributed by atoms with Crippen LogP contribution in [0.1, 0.15) is 94.6 Å². The summed E-state index contributed by atoms with van der Waals surface area (Å²) in [6, 6.07) is 10.8. The zero-order valence-corrected chi connectivity index (χ0v) is 18.3. The van der Waals surface area contributed by atoms with Gasteiger partial charge in [-0.2, -0.15) is 0 Å². The summed E-state index contributed by atoms with van der Waals surface area (Å²) in [7, 11) is 0. The normalized spacial score (nSPS) is 19.2. The van der Waals surface area contributed by atoms with Crippen molar-refractivity contribution in [3.63, 3.8) is 0 Å². The summed E-state index contributed by atoms with van der Waals surface area (Å²) in [5, 5.41) is 9.07. The van der Waals surface area contributed by atoms with Gasteiger partial charge in [-0.05, 0) is 66.3 Å². The Balaban J connectivity index is 1.49. The van der Waals surface area contributed by atoms with Crippen molar-refractivity contribution in [2.24, 2.45) is 5.92 Å². The SMILES string of the molecule is CCCCCCCCC1CCC(c2ccc(-c3cc(F)c(CO)c(F)c3)cc2)CC1. The lowest BCUT2D eigenvalue weighted by atomic mass is 9.77. The fourth-order valence-electron chi connectivity index (χ4n) is 4.87. The Morgan fingerprint density at radius 2 is 1.40 bits per heavy atom. The number of hydrogen-bond donors (Lipinski definition) is 1. The van der Waals surface area contributed by atoms with Gasteiger partial charge in [0.25, 0.3) is 0 Å². The van der Waals surface area contributed by atoms with E-state index in [0.29, 0.717) is 11.5 Å². The number of hydrogen-bond acceptors (Lipinski definition) is 1. The highest BCUT2D eigenvalue weighted by Crippen LogP contribution is 2.38. The van der Waals surface area contributed by atoms with Gasteiger partial charge in [0.1, 0.15) is 11.6 Å². The van der Waals surface area contributed by atoms with E-state index in [1.807, 2.05) is 12.1 Å². The quantitative estimate of drug-likeness (QED) is 0.389. The molecule has 0 atom stereocenters. The van der Waals surface area contributed by atoms with E-state index < -0.39 is 18.2 Å². The number of aliphatic hydroxyl groups is 1. The van der Waals surface area contributed by atoms with E-state index in [-0.39, 0.29) is 5.56 Å². The van der Waals surface area contributed by atoms with Crippen LogP contribution in [0.2, 0.25) is 0 Å². The fraction of sp³-hybridized carbons (Fsp3) is 0.556. The van der Waals surface area contributed by atoms with Crippen LogP contribution < -0.4 is 0 Å². The summed E-state index contributed by atoms with van der Waals surface area (Å²) < 4.78 is 27.9. The third-order valence-corrected chi connectivity index (χ3v) is 6.83. The number of aliphatic hydroxyl groups excluding tert-OH is 1. The first-order valence-electron chi connectivity index (χ1n) is 11.8. The zero-order valence-electron chi connectivity index (χ0n) is 18.3. The molecule has 0 saturated heterocycles. The number of halogens is 2. The zero-order chi connectivity index (χ0) is 21.3. The highest BCUT2D eigenvalue weighted by Gasteiger charge is 2.22. The molecule has 0 amide bonds. The minimum atomic E-state index is -0.694. The third-order valence-electron chi connectivity index (χ3n) is 6.83. The van der Waals surface area contributed by atoms with Gasteiger partial charge in [-0.3, -0.25) is 0 Å². The van der Waals surface area contributed by atoms with Gasteiger partial charge in [-0.25, -0.2) is 8.78 Å². The lowest BCUT2D eigenvalue weighted by molar-refractivity contribution is 0.269. The molecule has 1 nitrogen and oxygen atoms in total. The van der Waals surface area contributed by atoms with Crippen LogP contribution in [0.25, 0.3) is 11.1 Å². The highest BCUT2D eigenvalue weighted by atomic mass is 19.1. The van der Waals surface area contributed by atoms with Gasteiger partial charge < -0.3 is 5.11 Å². The van der Waals surface area contributed by atoms with Crippen molar-refractivity contribution < 1.29 is 13.9 Å². The fourth-order valence-corrected chi connectivity index (χ4v) is 4.87. The second kappa shape index (κ2) is 11.6. The van der Waals surface area contributed by atoms with E-state index in [0.717, 1.165) is 11.5 Å². The molecule has 0 bridgehead atoms. The van der Waals surface area contributed by atoms with Crippen molar-refractivity contribution >= 4 is 0 Å². The molecule has 2 aromatic rings. The van der Waals surface area contributed by atoms with Crippen LogP contribution in [0.4, 0.5) is 8.78 Å². The monoisotopic (exact) mass is 414 g/mol. The first kappa shape index (κ1) is 22.9. The molecule has 2 aromatic carbocycles. The van der Waals surface area contributed by atoms with Gasteiger partial charge in [0.05, 0.1) is 6.61 Å². The first-order valence-corrected chi connectivity index (χ1v) is 11.8. The van der Waals surface area contributed by atoms with E-state index in [1.165, 1.54) is 88.3 Å². The van der Waals surface area contributed by atoms with Crippen LogP contribution in [0.15, 0.2) is 36.4 Å². The molecule has 0 aliphatic heterocycles. The van der Waals surface area contributed by atoms with E-state index in [9.17, 15) is 8.78 Å². The van der Waals surface area contributed by atoms with Crippen molar-refractivity contribution in [3.8, 4) is 11.1 Å². The summed E-state index contributed by atoms with van der Waals surface area (Å²) >= 11 is 0. The Morgan fingerprint density at radius 3 is 2.00 bits per heavy atom. The van der Waals surface area contributed by atoms with E-state index in [4.69, 9.17) is 5.11 Å². The molecule has 30 heavy (non-hydrogen) atoms. The van der Waals surface area contributed by atoms with Crippen molar-refractivity contribution in [1.29, 1.82) is 0 Å². The summed E-state index contributed by atoms with van der Waals surface area (Å²) in [5.41, 5.74) is 2.38.